The van der Waals surface area contributed by atoms with Crippen molar-refractivity contribution in [1.29, 1.82) is 0 Å². The number of aliphatic hydroxyl groups excluding tert-OH is 1. The molecule has 2 aromatic carbocycles. The molecule has 7 atom stereocenters. The summed E-state index contributed by atoms with van der Waals surface area (Å²) in [6.45, 7) is 14.5. The highest BCUT2D eigenvalue weighted by molar-refractivity contribution is 8.02. The Morgan fingerprint density at radius 2 is 1.71 bits per heavy atom. The molecule has 48 heavy (non-hydrogen) atoms. The van der Waals surface area contributed by atoms with Crippen LogP contribution in [0.2, 0.25) is 0 Å². The molecular weight excluding hydrogens is 625 g/mol. The molecule has 6 rings (SSSR count). The minimum absolute atomic E-state index is 0.00919. The van der Waals surface area contributed by atoms with Gasteiger partial charge in [0.05, 0.1) is 42.4 Å². The Morgan fingerprint density at radius 1 is 1.04 bits per heavy atom. The number of aliphatic hydroxyl groups is 1. The van der Waals surface area contributed by atoms with E-state index in [9.17, 15) is 9.90 Å². The maximum Gasteiger partial charge on any atom is 0.247 e. The van der Waals surface area contributed by atoms with Crippen molar-refractivity contribution in [1.82, 2.24) is 14.7 Å². The predicted octanol–water partition coefficient (Wildman–Crippen LogP) is 3.49. The molecule has 0 saturated carbocycles. The maximum atomic E-state index is 15.1. The van der Waals surface area contributed by atoms with Gasteiger partial charge in [-0.05, 0) is 36.5 Å². The van der Waals surface area contributed by atoms with Crippen LogP contribution in [0.15, 0.2) is 86.0 Å². The second kappa shape index (κ2) is 15.0. The molecule has 256 valence electrons. The standard InChI is InChI=1S/C38H48N4O5S/c1-4-16-40(19-18-39-20-22-47-23-21-39)37(46)34-38-27(3)24-31(48-38)32(35(44)41(17-5-2)29-14-10-7-11-15-29)33(38)36(45)42(34)30(26-43)25-28-12-8-6-9-13-28/h4-15,27,30-34,43H,1-2,16-26H2,3H3/t27?,30-,31+,32-,33+,34?,38?/m1/s1. The predicted molar refractivity (Wildman–Crippen MR) is 190 cm³/mol. The molecule has 0 aliphatic carbocycles. The third-order valence-electron chi connectivity index (χ3n) is 10.7. The second-order valence-corrected chi connectivity index (χ2v) is 15.0. The molecule has 4 fully saturated rings. The molecule has 0 radical (unpaired) electrons. The molecule has 9 nitrogen and oxygen atoms in total. The van der Waals surface area contributed by atoms with E-state index in [1.165, 1.54) is 0 Å². The molecule has 3 unspecified atom stereocenters. The van der Waals surface area contributed by atoms with Crippen molar-refractivity contribution in [2.75, 3.05) is 64.0 Å². The van der Waals surface area contributed by atoms with Gasteiger partial charge in [-0.1, -0.05) is 67.6 Å². The average Bonchev–Trinajstić information content (AvgIpc) is 3.72. The van der Waals surface area contributed by atoms with E-state index < -0.39 is 28.7 Å². The van der Waals surface area contributed by atoms with Crippen LogP contribution in [-0.2, 0) is 25.5 Å². The molecule has 10 heteroatoms. The number of fused-ring (bicyclic) bond motifs is 1. The van der Waals surface area contributed by atoms with Gasteiger partial charge in [0, 0.05) is 50.2 Å². The number of amides is 3. The molecule has 1 spiro atoms. The fraction of sp³-hybridized carbons (Fsp3) is 0.500. The van der Waals surface area contributed by atoms with Crippen molar-refractivity contribution in [3.05, 3.63) is 91.5 Å². The highest BCUT2D eigenvalue weighted by Crippen LogP contribution is 2.69. The van der Waals surface area contributed by atoms with E-state index in [1.807, 2.05) is 65.6 Å². The van der Waals surface area contributed by atoms with Gasteiger partial charge in [-0.2, -0.15) is 0 Å². The number of nitrogens with zero attached hydrogens (tertiary/aromatic N) is 4. The van der Waals surface area contributed by atoms with Crippen LogP contribution >= 0.6 is 11.8 Å². The van der Waals surface area contributed by atoms with Gasteiger partial charge in [0.1, 0.15) is 6.04 Å². The fourth-order valence-corrected chi connectivity index (χ4v) is 10.9. The zero-order valence-electron chi connectivity index (χ0n) is 27.9. The summed E-state index contributed by atoms with van der Waals surface area (Å²) in [6, 6.07) is 17.8. The van der Waals surface area contributed by atoms with Crippen molar-refractivity contribution in [3.8, 4) is 0 Å². The fourth-order valence-electron chi connectivity index (χ4n) is 8.50. The van der Waals surface area contributed by atoms with Crippen LogP contribution < -0.4 is 4.90 Å². The number of morpholine rings is 1. The maximum absolute atomic E-state index is 15.1. The first-order chi connectivity index (χ1) is 23.3. The lowest BCUT2D eigenvalue weighted by atomic mass is 9.65. The van der Waals surface area contributed by atoms with Gasteiger partial charge in [-0.3, -0.25) is 19.3 Å². The Balaban J connectivity index is 1.40. The summed E-state index contributed by atoms with van der Waals surface area (Å²) in [7, 11) is 0. The van der Waals surface area contributed by atoms with E-state index in [4.69, 9.17) is 4.74 Å². The van der Waals surface area contributed by atoms with E-state index in [1.54, 1.807) is 33.7 Å². The third kappa shape index (κ3) is 6.24. The van der Waals surface area contributed by atoms with Crippen molar-refractivity contribution in [2.45, 2.75) is 41.8 Å². The molecule has 0 aromatic heterocycles. The topological polar surface area (TPSA) is 93.6 Å². The van der Waals surface area contributed by atoms with Crippen LogP contribution in [0, 0.1) is 17.8 Å². The SMILES string of the molecule is C=CCN(CCN1CCOCC1)C(=O)C1N([C@@H](CO)Cc2ccccc2)C(=O)[C@@H]2[C@H](C(=O)N(CC=C)c3ccccc3)[C@@H]3CC(C)C12S3. The van der Waals surface area contributed by atoms with E-state index in [0.29, 0.717) is 45.8 Å². The van der Waals surface area contributed by atoms with E-state index >= 15 is 9.59 Å². The lowest BCUT2D eigenvalue weighted by molar-refractivity contribution is -0.145. The Hall–Kier alpha value is -3.44. The minimum Gasteiger partial charge on any atom is -0.394 e. The minimum atomic E-state index is -0.826. The Kier molecular flexibility index (Phi) is 10.7. The van der Waals surface area contributed by atoms with Crippen molar-refractivity contribution in [2.24, 2.45) is 17.8 Å². The first-order valence-electron chi connectivity index (χ1n) is 17.2. The first-order valence-corrected chi connectivity index (χ1v) is 18.1. The lowest BCUT2D eigenvalue weighted by Gasteiger charge is -2.42. The van der Waals surface area contributed by atoms with Gasteiger partial charge in [0.25, 0.3) is 0 Å². The molecule has 4 aliphatic heterocycles. The largest absolute Gasteiger partial charge is 0.394 e. The van der Waals surface area contributed by atoms with E-state index in [-0.39, 0.29) is 35.5 Å². The number of thioether (sulfide) groups is 1. The second-order valence-electron chi connectivity index (χ2n) is 13.4. The van der Waals surface area contributed by atoms with Crippen LogP contribution in [0.5, 0.6) is 0 Å². The molecule has 1 N–H and O–H groups in total. The van der Waals surface area contributed by atoms with Crippen molar-refractivity contribution < 1.29 is 24.2 Å². The number of rotatable bonds is 14. The van der Waals surface area contributed by atoms with Crippen LogP contribution in [0.4, 0.5) is 5.69 Å². The van der Waals surface area contributed by atoms with Crippen LogP contribution in [0.1, 0.15) is 18.9 Å². The third-order valence-corrected chi connectivity index (χ3v) is 12.8. The number of anilines is 1. The van der Waals surface area contributed by atoms with Gasteiger partial charge in [0.2, 0.25) is 17.7 Å². The van der Waals surface area contributed by atoms with Gasteiger partial charge >= 0.3 is 0 Å². The van der Waals surface area contributed by atoms with Crippen LogP contribution in [-0.4, -0.2) is 119 Å². The normalized spacial score (nSPS) is 28.6. The summed E-state index contributed by atoms with van der Waals surface area (Å²) in [6.07, 6.45) is 4.58. The van der Waals surface area contributed by atoms with E-state index in [0.717, 1.165) is 30.8 Å². The summed E-state index contributed by atoms with van der Waals surface area (Å²) < 4.78 is 4.72. The molecule has 2 aromatic rings. The number of para-hydroxylation sites is 1. The highest BCUT2D eigenvalue weighted by atomic mass is 32.2. The molecule has 4 aliphatic rings. The number of likely N-dealkylation sites (tertiary alicyclic amines) is 1. The molecule has 2 bridgehead atoms. The number of hydrogen-bond donors (Lipinski definition) is 1. The molecule has 3 amide bonds. The highest BCUT2D eigenvalue weighted by Gasteiger charge is 2.77. The zero-order chi connectivity index (χ0) is 33.8. The lowest BCUT2D eigenvalue weighted by Crippen LogP contribution is -2.60. The molecule has 4 heterocycles. The number of carbonyl (C=O) groups excluding carboxylic acids is 3. The average molecular weight is 673 g/mol. The number of benzene rings is 2. The Labute approximate surface area is 288 Å². The summed E-state index contributed by atoms with van der Waals surface area (Å²) in [5, 5.41) is 10.8. The summed E-state index contributed by atoms with van der Waals surface area (Å²) in [4.78, 5) is 52.3. The van der Waals surface area contributed by atoms with Crippen LogP contribution in [0.3, 0.4) is 0 Å². The van der Waals surface area contributed by atoms with Gasteiger partial charge < -0.3 is 24.5 Å². The van der Waals surface area contributed by atoms with E-state index in [2.05, 4.69) is 25.0 Å². The monoisotopic (exact) mass is 672 g/mol. The quantitative estimate of drug-likeness (QED) is 0.307. The van der Waals surface area contributed by atoms with Gasteiger partial charge in [-0.15, -0.1) is 24.9 Å². The number of ether oxygens (including phenoxy) is 1. The zero-order valence-corrected chi connectivity index (χ0v) is 28.7. The molecule has 4 saturated heterocycles. The molecular formula is C38H48N4O5S. The Bertz CT molecular complexity index is 1470. The first kappa shape index (κ1) is 34.4. The number of carbonyl (C=O) groups is 3. The summed E-state index contributed by atoms with van der Waals surface area (Å²) in [5.41, 5.74) is 1.73. The van der Waals surface area contributed by atoms with Crippen LogP contribution in [0.25, 0.3) is 0 Å². The summed E-state index contributed by atoms with van der Waals surface area (Å²) in [5.74, 6) is -1.74. The Morgan fingerprint density at radius 3 is 2.35 bits per heavy atom. The summed E-state index contributed by atoms with van der Waals surface area (Å²) >= 11 is 1.67. The van der Waals surface area contributed by atoms with Crippen molar-refractivity contribution in [3.63, 3.8) is 0 Å². The number of hydrogen-bond acceptors (Lipinski definition) is 7. The van der Waals surface area contributed by atoms with Gasteiger partial charge in [0.15, 0.2) is 0 Å². The smallest absolute Gasteiger partial charge is 0.247 e. The van der Waals surface area contributed by atoms with Crippen molar-refractivity contribution >= 4 is 35.2 Å². The van der Waals surface area contributed by atoms with Gasteiger partial charge in [-0.25, -0.2) is 0 Å².